The van der Waals surface area contributed by atoms with E-state index >= 15 is 0 Å². The molecule has 0 spiro atoms. The Labute approximate surface area is 137 Å². The minimum Gasteiger partial charge on any atom is -0.484 e. The molecule has 4 heteroatoms. The average molecular weight is 322 g/mol. The summed E-state index contributed by atoms with van der Waals surface area (Å²) in [6, 6.07) is 28.8. The van der Waals surface area contributed by atoms with Crippen LogP contribution in [0.4, 0.5) is 0 Å². The van der Waals surface area contributed by atoms with Crippen LogP contribution < -0.4 is 13.3 Å². The van der Waals surface area contributed by atoms with E-state index in [1.165, 1.54) is 0 Å². The zero-order chi connectivity index (χ0) is 16.0. The van der Waals surface area contributed by atoms with E-state index in [0.717, 1.165) is 17.2 Å². The maximum Gasteiger partial charge on any atom is 0.696 e. The van der Waals surface area contributed by atoms with Crippen molar-refractivity contribution in [1.82, 2.24) is 0 Å². The Balaban J connectivity index is 1.85. The van der Waals surface area contributed by atoms with Crippen LogP contribution in [0.15, 0.2) is 91.0 Å². The summed E-state index contributed by atoms with van der Waals surface area (Å²) < 4.78 is 18.3. The second-order valence-electron chi connectivity index (χ2n) is 5.11. The molecule has 23 heavy (non-hydrogen) atoms. The van der Waals surface area contributed by atoms with Gasteiger partial charge in [-0.15, -0.1) is 0 Å². The van der Waals surface area contributed by atoms with Crippen LogP contribution >= 0.6 is 0 Å². The molecule has 0 aliphatic rings. The molecule has 0 amide bonds. The number of rotatable bonds is 6. The van der Waals surface area contributed by atoms with Gasteiger partial charge in [-0.2, -0.15) is 0 Å². The van der Waals surface area contributed by atoms with Gasteiger partial charge in [0.15, 0.2) is 0 Å². The predicted octanol–water partition coefficient (Wildman–Crippen LogP) is 4.79. The molecule has 0 aliphatic carbocycles. The lowest BCUT2D eigenvalue weighted by molar-refractivity contribution is 0.271. The van der Waals surface area contributed by atoms with Crippen LogP contribution in [0.25, 0.3) is 0 Å². The van der Waals surface area contributed by atoms with E-state index in [0.29, 0.717) is 0 Å². The summed E-state index contributed by atoms with van der Waals surface area (Å²) in [5, 5.41) is 0. The Morgan fingerprint density at radius 3 is 1.00 bits per heavy atom. The highest BCUT2D eigenvalue weighted by Gasteiger charge is 2.43. The van der Waals surface area contributed by atoms with Gasteiger partial charge in [-0.3, -0.25) is 0 Å². The van der Waals surface area contributed by atoms with Gasteiger partial charge in [-0.25, -0.2) is 0 Å². The lowest BCUT2D eigenvalue weighted by Gasteiger charge is -2.27. The van der Waals surface area contributed by atoms with Gasteiger partial charge in [0.1, 0.15) is 17.2 Å². The lowest BCUT2D eigenvalue weighted by atomic mass is 10.3. The standard InChI is InChI=1S/C19H18O3Si/c1-23(20-17-11-5-2-6-12-17,21-18-13-7-3-8-14-18)22-19-15-9-4-10-16-19/h2-16H,1H3. The van der Waals surface area contributed by atoms with Crippen molar-refractivity contribution < 1.29 is 13.3 Å². The summed E-state index contributed by atoms with van der Waals surface area (Å²) in [7, 11) is -2.97. The van der Waals surface area contributed by atoms with Crippen molar-refractivity contribution in [2.45, 2.75) is 6.55 Å². The molecule has 3 aromatic carbocycles. The van der Waals surface area contributed by atoms with Crippen molar-refractivity contribution in [1.29, 1.82) is 0 Å². The maximum absolute atomic E-state index is 6.10. The summed E-state index contributed by atoms with van der Waals surface area (Å²) >= 11 is 0. The van der Waals surface area contributed by atoms with E-state index in [-0.39, 0.29) is 0 Å². The van der Waals surface area contributed by atoms with E-state index in [9.17, 15) is 0 Å². The summed E-state index contributed by atoms with van der Waals surface area (Å²) in [6.45, 7) is 1.89. The van der Waals surface area contributed by atoms with Crippen LogP contribution in [0.1, 0.15) is 0 Å². The summed E-state index contributed by atoms with van der Waals surface area (Å²) in [6.07, 6.45) is 0. The fourth-order valence-corrected chi connectivity index (χ4v) is 3.99. The van der Waals surface area contributed by atoms with Gasteiger partial charge >= 0.3 is 8.80 Å². The lowest BCUT2D eigenvalue weighted by Crippen LogP contribution is -2.51. The molecule has 116 valence electrons. The molecule has 3 aromatic rings. The van der Waals surface area contributed by atoms with Gasteiger partial charge in [0.25, 0.3) is 0 Å². The SMILES string of the molecule is C[Si](Oc1ccccc1)(Oc1ccccc1)Oc1ccccc1. The molecule has 0 bridgehead atoms. The first-order valence-electron chi connectivity index (χ1n) is 7.46. The van der Waals surface area contributed by atoms with Crippen LogP contribution in [0.2, 0.25) is 6.55 Å². The number of para-hydroxylation sites is 3. The van der Waals surface area contributed by atoms with Crippen LogP contribution in [-0.4, -0.2) is 8.80 Å². The van der Waals surface area contributed by atoms with Crippen LogP contribution in [0.5, 0.6) is 17.2 Å². The fourth-order valence-electron chi connectivity index (χ4n) is 2.17. The number of benzene rings is 3. The van der Waals surface area contributed by atoms with E-state index < -0.39 is 8.80 Å². The average Bonchev–Trinajstić information content (AvgIpc) is 2.57. The zero-order valence-corrected chi connectivity index (χ0v) is 13.9. The van der Waals surface area contributed by atoms with Crippen molar-refractivity contribution in [3.63, 3.8) is 0 Å². The van der Waals surface area contributed by atoms with Gasteiger partial charge in [0, 0.05) is 6.55 Å². The Kier molecular flexibility index (Phi) is 4.64. The molecular formula is C19H18O3Si. The first-order chi connectivity index (χ1) is 11.2. The molecule has 0 aromatic heterocycles. The Morgan fingerprint density at radius 2 is 0.739 bits per heavy atom. The molecule has 0 N–H and O–H groups in total. The third-order valence-electron chi connectivity index (χ3n) is 3.14. The van der Waals surface area contributed by atoms with Crippen LogP contribution in [0.3, 0.4) is 0 Å². The molecule has 0 aliphatic heterocycles. The molecule has 0 unspecified atom stereocenters. The highest BCUT2D eigenvalue weighted by atomic mass is 28.4. The quantitative estimate of drug-likeness (QED) is 0.611. The first kappa shape index (κ1) is 15.2. The molecular weight excluding hydrogens is 304 g/mol. The molecule has 0 heterocycles. The van der Waals surface area contributed by atoms with Crippen molar-refractivity contribution in [3.8, 4) is 17.2 Å². The van der Waals surface area contributed by atoms with Gasteiger partial charge < -0.3 is 13.3 Å². The van der Waals surface area contributed by atoms with Gasteiger partial charge in [0.2, 0.25) is 0 Å². The van der Waals surface area contributed by atoms with Crippen molar-refractivity contribution in [2.24, 2.45) is 0 Å². The number of hydrogen-bond acceptors (Lipinski definition) is 3. The van der Waals surface area contributed by atoms with E-state index in [1.807, 2.05) is 97.5 Å². The van der Waals surface area contributed by atoms with Gasteiger partial charge in [-0.05, 0) is 36.4 Å². The minimum absolute atomic E-state index is 0.730. The Morgan fingerprint density at radius 1 is 0.478 bits per heavy atom. The highest BCUT2D eigenvalue weighted by molar-refractivity contribution is 6.61. The molecule has 0 radical (unpaired) electrons. The van der Waals surface area contributed by atoms with Crippen molar-refractivity contribution in [3.05, 3.63) is 91.0 Å². The number of hydrogen-bond donors (Lipinski definition) is 0. The molecule has 0 fully saturated rings. The predicted molar refractivity (Wildman–Crippen MR) is 92.8 cm³/mol. The van der Waals surface area contributed by atoms with Crippen molar-refractivity contribution >= 4 is 8.80 Å². The molecule has 3 rings (SSSR count). The van der Waals surface area contributed by atoms with Gasteiger partial charge in [0.05, 0.1) is 0 Å². The third kappa shape index (κ3) is 4.37. The second-order valence-corrected chi connectivity index (χ2v) is 7.44. The van der Waals surface area contributed by atoms with Crippen LogP contribution in [-0.2, 0) is 0 Å². The molecule has 3 nitrogen and oxygen atoms in total. The summed E-state index contributed by atoms with van der Waals surface area (Å²) in [5.74, 6) is 2.19. The summed E-state index contributed by atoms with van der Waals surface area (Å²) in [5.41, 5.74) is 0. The van der Waals surface area contributed by atoms with E-state index in [1.54, 1.807) is 0 Å². The second kappa shape index (κ2) is 7.02. The first-order valence-corrected chi connectivity index (χ1v) is 9.68. The largest absolute Gasteiger partial charge is 0.696 e. The van der Waals surface area contributed by atoms with Crippen molar-refractivity contribution in [2.75, 3.05) is 0 Å². The van der Waals surface area contributed by atoms with Crippen LogP contribution in [0, 0.1) is 0 Å². The fraction of sp³-hybridized carbons (Fsp3) is 0.0526. The monoisotopic (exact) mass is 322 g/mol. The highest BCUT2D eigenvalue weighted by Crippen LogP contribution is 2.23. The molecule has 0 saturated heterocycles. The molecule has 0 saturated carbocycles. The van der Waals surface area contributed by atoms with Gasteiger partial charge in [-0.1, -0.05) is 54.6 Å². The maximum atomic E-state index is 6.10. The Hall–Kier alpha value is -2.72. The van der Waals surface area contributed by atoms with E-state index in [2.05, 4.69) is 0 Å². The minimum atomic E-state index is -2.97. The Bertz CT molecular complexity index is 616. The third-order valence-corrected chi connectivity index (χ3v) is 4.96. The van der Waals surface area contributed by atoms with E-state index in [4.69, 9.17) is 13.3 Å². The molecule has 0 atom stereocenters. The topological polar surface area (TPSA) is 27.7 Å². The smallest absolute Gasteiger partial charge is 0.484 e. The normalized spacial score (nSPS) is 10.8. The summed E-state index contributed by atoms with van der Waals surface area (Å²) in [4.78, 5) is 0. The zero-order valence-electron chi connectivity index (χ0n) is 12.9.